The second-order valence-corrected chi connectivity index (χ2v) is 3.45. The van der Waals surface area contributed by atoms with Gasteiger partial charge in [0, 0.05) is 18.8 Å². The fraction of sp³-hybridized carbons (Fsp3) is 0.455. The van der Waals surface area contributed by atoms with Crippen LogP contribution in [0, 0.1) is 5.82 Å². The van der Waals surface area contributed by atoms with E-state index in [2.05, 4.69) is 0 Å². The summed E-state index contributed by atoms with van der Waals surface area (Å²) in [5.41, 5.74) is 0.575. The molecule has 0 aliphatic rings. The van der Waals surface area contributed by atoms with Gasteiger partial charge < -0.3 is 19.8 Å². The van der Waals surface area contributed by atoms with Crippen LogP contribution < -0.4 is 9.64 Å². The van der Waals surface area contributed by atoms with Crippen LogP contribution in [0.25, 0.3) is 0 Å². The molecular formula is C11H16FNO3. The van der Waals surface area contributed by atoms with Crippen molar-refractivity contribution in [3.8, 4) is 5.75 Å². The first kappa shape index (κ1) is 12.7. The number of hydrogen-bond acceptors (Lipinski definition) is 4. The van der Waals surface area contributed by atoms with Crippen LogP contribution in [0.15, 0.2) is 18.2 Å². The normalized spacial score (nSPS) is 10.6. The minimum absolute atomic E-state index is 0.168. The highest BCUT2D eigenvalue weighted by Gasteiger charge is 2.14. The Kier molecular flexibility index (Phi) is 4.52. The molecule has 0 unspecified atom stereocenters. The van der Waals surface area contributed by atoms with Gasteiger partial charge in [0.15, 0.2) is 11.6 Å². The van der Waals surface area contributed by atoms with Gasteiger partial charge in [0.05, 0.1) is 26.4 Å². The zero-order valence-corrected chi connectivity index (χ0v) is 9.35. The molecule has 4 nitrogen and oxygen atoms in total. The van der Waals surface area contributed by atoms with Gasteiger partial charge in [-0.25, -0.2) is 4.39 Å². The highest BCUT2D eigenvalue weighted by atomic mass is 19.1. The molecule has 0 bridgehead atoms. The number of anilines is 1. The van der Waals surface area contributed by atoms with Gasteiger partial charge in [0.2, 0.25) is 0 Å². The molecule has 16 heavy (non-hydrogen) atoms. The third-order valence-corrected chi connectivity index (χ3v) is 2.51. The number of hydrogen-bond donors (Lipinski definition) is 2. The van der Waals surface area contributed by atoms with Crippen LogP contribution in [-0.4, -0.2) is 43.6 Å². The summed E-state index contributed by atoms with van der Waals surface area (Å²) in [5, 5.41) is 18.0. The third kappa shape index (κ3) is 2.62. The van der Waals surface area contributed by atoms with E-state index >= 15 is 0 Å². The van der Waals surface area contributed by atoms with E-state index < -0.39 is 11.9 Å². The van der Waals surface area contributed by atoms with E-state index in [9.17, 15) is 4.39 Å². The summed E-state index contributed by atoms with van der Waals surface area (Å²) in [5.74, 6) is -0.303. The zero-order chi connectivity index (χ0) is 12.1. The van der Waals surface area contributed by atoms with Crippen LogP contribution in [0.1, 0.15) is 0 Å². The van der Waals surface area contributed by atoms with E-state index in [-0.39, 0.29) is 19.0 Å². The molecule has 1 aromatic carbocycles. The molecule has 2 N–H and O–H groups in total. The highest BCUT2D eigenvalue weighted by molar-refractivity contribution is 5.50. The van der Waals surface area contributed by atoms with Gasteiger partial charge in [-0.2, -0.15) is 0 Å². The van der Waals surface area contributed by atoms with Crippen LogP contribution in [0.2, 0.25) is 0 Å². The topological polar surface area (TPSA) is 52.9 Å². The number of methoxy groups -OCH3 is 1. The molecule has 5 heteroatoms. The Hall–Kier alpha value is -1.33. The lowest BCUT2D eigenvalue weighted by molar-refractivity contribution is 0.190. The van der Waals surface area contributed by atoms with E-state index in [1.54, 1.807) is 18.0 Å². The van der Waals surface area contributed by atoms with Gasteiger partial charge in [0.25, 0.3) is 0 Å². The quantitative estimate of drug-likeness (QED) is 0.777. The van der Waals surface area contributed by atoms with Gasteiger partial charge in [-0.3, -0.25) is 0 Å². The molecule has 1 rings (SSSR count). The highest BCUT2D eigenvalue weighted by Crippen LogP contribution is 2.23. The van der Waals surface area contributed by atoms with Crippen LogP contribution in [0.3, 0.4) is 0 Å². The summed E-state index contributed by atoms with van der Waals surface area (Å²) in [6.45, 7) is -0.388. The monoisotopic (exact) mass is 229 g/mol. The lowest BCUT2D eigenvalue weighted by Gasteiger charge is -2.27. The van der Waals surface area contributed by atoms with E-state index in [0.29, 0.717) is 5.69 Å². The average molecular weight is 229 g/mol. The Labute approximate surface area is 93.9 Å². The summed E-state index contributed by atoms with van der Waals surface area (Å²) < 4.78 is 18.2. The maximum absolute atomic E-state index is 13.4. The lowest BCUT2D eigenvalue weighted by atomic mass is 10.2. The van der Waals surface area contributed by atoms with E-state index in [1.807, 2.05) is 0 Å². The maximum atomic E-state index is 13.4. The number of benzene rings is 1. The van der Waals surface area contributed by atoms with Crippen molar-refractivity contribution in [1.82, 2.24) is 0 Å². The molecular weight excluding hydrogens is 213 g/mol. The van der Waals surface area contributed by atoms with E-state index in [0.717, 1.165) is 0 Å². The standard InChI is InChI=1S/C11H16FNO3/c1-13(9(6-14)7-15)8-3-4-11(16-2)10(12)5-8/h3-5,9,14-15H,6-7H2,1-2H3. The molecule has 0 heterocycles. The van der Waals surface area contributed by atoms with Gasteiger partial charge in [0.1, 0.15) is 0 Å². The van der Waals surface area contributed by atoms with Crippen molar-refractivity contribution in [2.45, 2.75) is 6.04 Å². The minimum Gasteiger partial charge on any atom is -0.494 e. The summed E-state index contributed by atoms with van der Waals surface area (Å²) in [4.78, 5) is 1.61. The van der Waals surface area contributed by atoms with Gasteiger partial charge in [-0.15, -0.1) is 0 Å². The molecule has 1 aromatic rings. The molecule has 0 spiro atoms. The molecule has 0 saturated heterocycles. The SMILES string of the molecule is COc1ccc(N(C)C(CO)CO)cc1F. The molecule has 0 radical (unpaired) electrons. The van der Waals surface area contributed by atoms with Crippen LogP contribution in [0.5, 0.6) is 5.75 Å². The summed E-state index contributed by atoms with van der Waals surface area (Å²) in [7, 11) is 3.07. The number of likely N-dealkylation sites (N-methyl/N-ethyl adjacent to an activating group) is 1. The number of ether oxygens (including phenoxy) is 1. The first-order valence-corrected chi connectivity index (χ1v) is 4.92. The van der Waals surface area contributed by atoms with E-state index in [4.69, 9.17) is 14.9 Å². The van der Waals surface area contributed by atoms with Crippen molar-refractivity contribution in [1.29, 1.82) is 0 Å². The Bertz CT molecular complexity index is 342. The Morgan fingerprint density at radius 2 is 2.00 bits per heavy atom. The van der Waals surface area contributed by atoms with Crippen LogP contribution in [-0.2, 0) is 0 Å². The lowest BCUT2D eigenvalue weighted by Crippen LogP contribution is -2.37. The van der Waals surface area contributed by atoms with Crippen LogP contribution in [0.4, 0.5) is 10.1 Å². The fourth-order valence-corrected chi connectivity index (χ4v) is 1.39. The molecule has 90 valence electrons. The maximum Gasteiger partial charge on any atom is 0.167 e. The summed E-state index contributed by atoms with van der Waals surface area (Å²) in [6, 6.07) is 4.04. The fourth-order valence-electron chi connectivity index (χ4n) is 1.39. The molecule has 0 amide bonds. The summed E-state index contributed by atoms with van der Waals surface area (Å²) >= 11 is 0. The number of halogens is 1. The van der Waals surface area contributed by atoms with E-state index in [1.165, 1.54) is 19.2 Å². The molecule has 0 saturated carbocycles. The minimum atomic E-state index is -0.471. The largest absolute Gasteiger partial charge is 0.494 e. The number of aliphatic hydroxyl groups excluding tert-OH is 2. The molecule has 0 aliphatic carbocycles. The van der Waals surface area contributed by atoms with Crippen molar-refractivity contribution >= 4 is 5.69 Å². The number of rotatable bonds is 5. The van der Waals surface area contributed by atoms with Gasteiger partial charge in [-0.05, 0) is 12.1 Å². The van der Waals surface area contributed by atoms with Gasteiger partial charge in [-0.1, -0.05) is 0 Å². The predicted octanol–water partition coefficient (Wildman–Crippen LogP) is 0.624. The van der Waals surface area contributed by atoms with Gasteiger partial charge >= 0.3 is 0 Å². The second-order valence-electron chi connectivity index (χ2n) is 3.45. The molecule has 0 aliphatic heterocycles. The molecule has 0 fully saturated rings. The van der Waals surface area contributed by atoms with Crippen molar-refractivity contribution in [2.24, 2.45) is 0 Å². The number of aliphatic hydroxyl groups is 2. The van der Waals surface area contributed by atoms with Crippen molar-refractivity contribution in [2.75, 3.05) is 32.3 Å². The third-order valence-electron chi connectivity index (χ3n) is 2.51. The second kappa shape index (κ2) is 5.67. The predicted molar refractivity (Wildman–Crippen MR) is 59.3 cm³/mol. The molecule has 0 aromatic heterocycles. The smallest absolute Gasteiger partial charge is 0.167 e. The van der Waals surface area contributed by atoms with Crippen molar-refractivity contribution < 1.29 is 19.3 Å². The zero-order valence-electron chi connectivity index (χ0n) is 9.35. The first-order valence-electron chi connectivity index (χ1n) is 4.92. The Morgan fingerprint density at radius 1 is 1.38 bits per heavy atom. The van der Waals surface area contributed by atoms with Crippen molar-refractivity contribution in [3.63, 3.8) is 0 Å². The van der Waals surface area contributed by atoms with Crippen LogP contribution >= 0.6 is 0 Å². The van der Waals surface area contributed by atoms with Crippen molar-refractivity contribution in [3.05, 3.63) is 24.0 Å². The first-order chi connectivity index (χ1) is 7.63. The Morgan fingerprint density at radius 3 is 2.44 bits per heavy atom. The summed E-state index contributed by atoms with van der Waals surface area (Å²) in [6.07, 6.45) is 0. The average Bonchev–Trinajstić information content (AvgIpc) is 2.30. The number of nitrogens with zero attached hydrogens (tertiary/aromatic N) is 1. The molecule has 0 atom stereocenters. The Balaban J connectivity index is 2.91.